The Balaban J connectivity index is 1.14. The number of rotatable bonds is 27. The lowest BCUT2D eigenvalue weighted by Gasteiger charge is -2.24. The predicted octanol–water partition coefficient (Wildman–Crippen LogP) is 19.2. The average molecular weight is 990 g/mol. The molecule has 7 rings (SSSR count). The van der Waals surface area contributed by atoms with Crippen LogP contribution in [0.15, 0.2) is 152 Å². The van der Waals surface area contributed by atoms with Crippen molar-refractivity contribution in [3.8, 4) is 11.5 Å². The number of anilines is 1. The minimum Gasteiger partial charge on any atom is -0.497 e. The maximum atomic E-state index is 12.4. The van der Waals surface area contributed by atoms with E-state index < -0.39 is 0 Å². The summed E-state index contributed by atoms with van der Waals surface area (Å²) in [4.78, 5) is 14.9. The molecular weight excluding hydrogens is 915 g/mol. The van der Waals surface area contributed by atoms with Crippen LogP contribution in [0.4, 0.5) is 5.69 Å². The minimum absolute atomic E-state index is 0.618. The van der Waals surface area contributed by atoms with E-state index in [-0.39, 0.29) is 0 Å². The molecule has 7 aromatic rings. The fourth-order valence-electron chi connectivity index (χ4n) is 8.75. The summed E-state index contributed by atoms with van der Waals surface area (Å²) in [5.74, 6) is 1.73. The van der Waals surface area contributed by atoms with Crippen LogP contribution in [0.25, 0.3) is 72.9 Å². The smallest absolute Gasteiger partial charge is 0.150 e. The zero-order valence-electron chi connectivity index (χ0n) is 44.9. The van der Waals surface area contributed by atoms with Crippen molar-refractivity contribution < 1.29 is 14.3 Å². The summed E-state index contributed by atoms with van der Waals surface area (Å²) in [5.41, 5.74) is 16.0. The van der Waals surface area contributed by atoms with E-state index in [9.17, 15) is 4.79 Å². The Labute approximate surface area is 448 Å². The zero-order valence-corrected chi connectivity index (χ0v) is 44.9. The van der Waals surface area contributed by atoms with Crippen LogP contribution in [0.5, 0.6) is 11.5 Å². The van der Waals surface area contributed by atoms with Gasteiger partial charge in [0.15, 0.2) is 0 Å². The maximum absolute atomic E-state index is 12.4. The highest BCUT2D eigenvalue weighted by Crippen LogP contribution is 2.25. The van der Waals surface area contributed by atoms with Crippen LogP contribution in [0.3, 0.4) is 0 Å². The molecule has 4 nitrogen and oxygen atoms in total. The summed E-state index contributed by atoms with van der Waals surface area (Å²) in [6, 6.07) is 53.2. The number of carbonyl (C=O) groups is 1. The first kappa shape index (κ1) is 54.8. The molecule has 0 saturated heterocycles. The van der Waals surface area contributed by atoms with Crippen molar-refractivity contribution in [1.82, 2.24) is 0 Å². The first-order chi connectivity index (χ1) is 36.8. The monoisotopic (exact) mass is 990 g/mol. The molecular formula is C71H75NO3. The summed E-state index contributed by atoms with van der Waals surface area (Å²) in [6.45, 7) is 11.8. The van der Waals surface area contributed by atoms with E-state index in [0.29, 0.717) is 5.56 Å². The van der Waals surface area contributed by atoms with Crippen molar-refractivity contribution in [3.63, 3.8) is 0 Å². The van der Waals surface area contributed by atoms with E-state index in [1.807, 2.05) is 36.4 Å². The number of nitrogens with zero attached hydrogens (tertiary/aromatic N) is 1. The lowest BCUT2D eigenvalue weighted by molar-refractivity contribution is 0.112. The van der Waals surface area contributed by atoms with Crippen LogP contribution in [0.2, 0.25) is 0 Å². The topological polar surface area (TPSA) is 38.8 Å². The largest absolute Gasteiger partial charge is 0.497 e. The summed E-state index contributed by atoms with van der Waals surface area (Å²) < 4.78 is 11.4. The summed E-state index contributed by atoms with van der Waals surface area (Å²) >= 11 is 0. The second kappa shape index (κ2) is 29.7. The van der Waals surface area contributed by atoms with Crippen LogP contribution < -0.4 is 14.4 Å². The van der Waals surface area contributed by atoms with Gasteiger partial charge in [-0.2, -0.15) is 0 Å². The van der Waals surface area contributed by atoms with Gasteiger partial charge in [-0.15, -0.1) is 0 Å². The van der Waals surface area contributed by atoms with Crippen molar-refractivity contribution >= 4 is 84.9 Å². The molecule has 0 aliphatic carbocycles. The molecule has 0 radical (unpaired) electrons. The molecule has 0 fully saturated rings. The Hall–Kier alpha value is -7.95. The van der Waals surface area contributed by atoms with Gasteiger partial charge in [-0.3, -0.25) is 4.79 Å². The number of ether oxygens (including phenoxy) is 2. The number of aldehydes is 1. The van der Waals surface area contributed by atoms with Crippen LogP contribution in [0, 0.1) is 6.92 Å². The predicted molar refractivity (Wildman–Crippen MR) is 327 cm³/mol. The van der Waals surface area contributed by atoms with Gasteiger partial charge in [0, 0.05) is 24.3 Å². The Bertz CT molecular complexity index is 3050. The van der Waals surface area contributed by atoms with Gasteiger partial charge in [0.05, 0.1) is 13.7 Å². The normalized spacial score (nSPS) is 11.9. The fourth-order valence-corrected chi connectivity index (χ4v) is 8.75. The number of unbranched alkanes of at least 4 members (excludes halogenated alkanes) is 5. The summed E-state index contributed by atoms with van der Waals surface area (Å²) in [6.07, 6.45) is 36.2. The van der Waals surface area contributed by atoms with Crippen LogP contribution in [-0.4, -0.2) is 33.1 Å². The third-order valence-corrected chi connectivity index (χ3v) is 13.1. The van der Waals surface area contributed by atoms with Crippen molar-refractivity contribution in [3.05, 3.63) is 230 Å². The molecule has 0 N–H and O–H groups in total. The Morgan fingerprint density at radius 1 is 0.360 bits per heavy atom. The van der Waals surface area contributed by atoms with E-state index in [1.165, 1.54) is 56.2 Å². The summed E-state index contributed by atoms with van der Waals surface area (Å²) in [7, 11) is 1.68. The molecule has 0 spiro atoms. The minimum atomic E-state index is 0.618. The highest BCUT2D eigenvalue weighted by atomic mass is 16.5. The molecule has 0 atom stereocenters. The van der Waals surface area contributed by atoms with Crippen molar-refractivity contribution in [2.45, 2.75) is 79.1 Å². The van der Waals surface area contributed by atoms with Crippen LogP contribution >= 0.6 is 0 Å². The third kappa shape index (κ3) is 18.5. The first-order valence-electron chi connectivity index (χ1n) is 27.1. The van der Waals surface area contributed by atoms with Gasteiger partial charge in [0.25, 0.3) is 0 Å². The molecule has 0 heterocycles. The molecule has 0 unspecified atom stereocenters. The lowest BCUT2D eigenvalue weighted by atomic mass is 10.00. The first-order valence-corrected chi connectivity index (χ1v) is 27.1. The van der Waals surface area contributed by atoms with Gasteiger partial charge in [-0.25, -0.2) is 0 Å². The van der Waals surface area contributed by atoms with E-state index in [1.54, 1.807) is 7.11 Å². The van der Waals surface area contributed by atoms with Crippen molar-refractivity contribution in [2.24, 2.45) is 0 Å². The van der Waals surface area contributed by atoms with E-state index >= 15 is 0 Å². The quantitative estimate of drug-likeness (QED) is 0.0292. The number of methoxy groups -OCH3 is 1. The van der Waals surface area contributed by atoms with E-state index in [2.05, 4.69) is 221 Å². The van der Waals surface area contributed by atoms with E-state index in [4.69, 9.17) is 9.47 Å². The number of carbonyl (C=O) groups excluding carboxylic acids is 1. The highest BCUT2D eigenvalue weighted by molar-refractivity contribution is 5.85. The fraction of sp³-hybridized carbons (Fsp3) is 0.225. The molecule has 0 bridgehead atoms. The van der Waals surface area contributed by atoms with Gasteiger partial charge in [0.1, 0.15) is 17.8 Å². The van der Waals surface area contributed by atoms with Gasteiger partial charge in [-0.05, 0) is 184 Å². The third-order valence-electron chi connectivity index (χ3n) is 13.1. The Morgan fingerprint density at radius 2 is 0.680 bits per heavy atom. The van der Waals surface area contributed by atoms with Crippen molar-refractivity contribution in [1.29, 1.82) is 0 Å². The molecule has 4 heteroatoms. The standard InChI is InChI=1S/C71H75NO3/c1-6-9-12-13-44-75-71-40-34-59(35-41-71)21-25-63-46-62(24-20-58-32-38-70(74-5)39-33-58)49-65(50-63)27-29-67-51-66(52-68(53-67)54-73)28-26-64-47-60(22-18-56-16-14-55(4)15-17-56)45-61(48-64)23-19-57-30-36-69(37-31-57)72(42-10-7-2)43-11-8-3/h14-41,45-54H,6-13,42-44H2,1-5H3/b22-18+,23-19+,24-20+,25-21+,28-26+,29-27+. The molecule has 0 aromatic heterocycles. The van der Waals surface area contributed by atoms with Gasteiger partial charge in [-0.1, -0.05) is 192 Å². The van der Waals surface area contributed by atoms with E-state index in [0.717, 1.165) is 111 Å². The van der Waals surface area contributed by atoms with Gasteiger partial charge >= 0.3 is 0 Å². The number of benzene rings is 7. The van der Waals surface area contributed by atoms with Crippen LogP contribution in [0.1, 0.15) is 155 Å². The second-order valence-electron chi connectivity index (χ2n) is 19.4. The molecule has 75 heavy (non-hydrogen) atoms. The highest BCUT2D eigenvalue weighted by Gasteiger charge is 2.07. The molecule has 7 aromatic carbocycles. The van der Waals surface area contributed by atoms with Gasteiger partial charge < -0.3 is 14.4 Å². The second-order valence-corrected chi connectivity index (χ2v) is 19.4. The number of hydrogen-bond acceptors (Lipinski definition) is 4. The maximum Gasteiger partial charge on any atom is 0.150 e. The average Bonchev–Trinajstić information content (AvgIpc) is 3.45. The van der Waals surface area contributed by atoms with Gasteiger partial charge in [0.2, 0.25) is 0 Å². The number of aryl methyl sites for hydroxylation is 1. The molecule has 0 aliphatic rings. The molecule has 0 aliphatic heterocycles. The zero-order chi connectivity index (χ0) is 52.5. The summed E-state index contributed by atoms with van der Waals surface area (Å²) in [5, 5.41) is 0. The molecule has 0 saturated carbocycles. The molecule has 0 amide bonds. The molecule has 382 valence electrons. The Kier molecular flexibility index (Phi) is 21.7. The van der Waals surface area contributed by atoms with Crippen molar-refractivity contribution in [2.75, 3.05) is 31.7 Å². The Morgan fingerprint density at radius 3 is 1.03 bits per heavy atom. The SMILES string of the molecule is CCCCCCOc1ccc(/C=C/c2cc(/C=C/c3ccc(OC)cc3)cc(/C=C/c3cc(C=O)cc(/C=C/c4cc(/C=C/c5ccc(C)cc5)cc(/C=C/c5ccc(N(CCCC)CCCC)cc5)c4)c3)c2)cc1. The lowest BCUT2D eigenvalue weighted by Crippen LogP contribution is -2.25. The number of hydrogen-bond donors (Lipinski definition) is 0. The van der Waals surface area contributed by atoms with Crippen LogP contribution in [-0.2, 0) is 0 Å².